The van der Waals surface area contributed by atoms with Gasteiger partial charge in [-0.25, -0.2) is 4.39 Å². The third kappa shape index (κ3) is 1.77. The number of halogens is 1. The summed E-state index contributed by atoms with van der Waals surface area (Å²) in [5.74, 6) is 0.439. The zero-order valence-corrected chi connectivity index (χ0v) is 7.99. The lowest BCUT2D eigenvalue weighted by molar-refractivity contribution is 0.560. The molecule has 14 heavy (non-hydrogen) atoms. The quantitative estimate of drug-likeness (QED) is 0.634. The van der Waals surface area contributed by atoms with Crippen molar-refractivity contribution in [2.24, 2.45) is 0 Å². The second kappa shape index (κ2) is 4.23. The van der Waals surface area contributed by atoms with Crippen LogP contribution >= 0.6 is 0 Å². The number of benzene rings is 1. The second-order valence-electron chi connectivity index (χ2n) is 3.46. The van der Waals surface area contributed by atoms with Crippen LogP contribution < -0.4 is 0 Å². The third-order valence-corrected chi connectivity index (χ3v) is 2.55. The Bertz CT molecular complexity index is 363. The molecule has 1 aromatic rings. The standard InChI is InChI=1S/C13H13F/c14-10-4-3-6-12-9-8-11-5-1-2-7-13(11)12/h1-5,7-9,12H,6,10H2/b4-3+. The Morgan fingerprint density at radius 1 is 1.21 bits per heavy atom. The van der Waals surface area contributed by atoms with Crippen LogP contribution in [0.3, 0.4) is 0 Å². The summed E-state index contributed by atoms with van der Waals surface area (Å²) in [6.07, 6.45) is 8.72. The predicted molar refractivity (Wildman–Crippen MR) is 57.9 cm³/mol. The molecule has 0 saturated heterocycles. The number of fused-ring (bicyclic) bond motifs is 1. The molecule has 1 unspecified atom stereocenters. The zero-order valence-electron chi connectivity index (χ0n) is 7.99. The summed E-state index contributed by atoms with van der Waals surface area (Å²) in [6.45, 7) is -0.363. The molecule has 0 aromatic heterocycles. The van der Waals surface area contributed by atoms with E-state index in [0.717, 1.165) is 6.42 Å². The molecule has 1 heteroatoms. The summed E-state index contributed by atoms with van der Waals surface area (Å²) >= 11 is 0. The van der Waals surface area contributed by atoms with Crippen molar-refractivity contribution < 1.29 is 4.39 Å². The van der Waals surface area contributed by atoms with Gasteiger partial charge in [0.1, 0.15) is 6.67 Å². The molecule has 2 rings (SSSR count). The van der Waals surface area contributed by atoms with Crippen molar-refractivity contribution >= 4 is 6.08 Å². The number of allylic oxidation sites excluding steroid dienone is 3. The van der Waals surface area contributed by atoms with E-state index in [1.54, 1.807) is 6.08 Å². The molecule has 0 radical (unpaired) electrons. The Morgan fingerprint density at radius 3 is 2.93 bits per heavy atom. The molecule has 1 aliphatic rings. The van der Waals surface area contributed by atoms with Crippen LogP contribution in [0.1, 0.15) is 23.5 Å². The third-order valence-electron chi connectivity index (χ3n) is 2.55. The van der Waals surface area contributed by atoms with Crippen LogP contribution in [0, 0.1) is 0 Å². The molecule has 0 aliphatic heterocycles. The Morgan fingerprint density at radius 2 is 2.07 bits per heavy atom. The van der Waals surface area contributed by atoms with Gasteiger partial charge in [0.2, 0.25) is 0 Å². The number of alkyl halides is 1. The molecule has 0 spiro atoms. The first-order valence-corrected chi connectivity index (χ1v) is 4.90. The van der Waals surface area contributed by atoms with E-state index in [2.05, 4.69) is 30.4 Å². The predicted octanol–water partition coefficient (Wildman–Crippen LogP) is 3.71. The van der Waals surface area contributed by atoms with Crippen molar-refractivity contribution in [1.29, 1.82) is 0 Å². The van der Waals surface area contributed by atoms with Gasteiger partial charge in [-0.3, -0.25) is 0 Å². The average molecular weight is 188 g/mol. The van der Waals surface area contributed by atoms with Crippen molar-refractivity contribution in [3.05, 3.63) is 53.6 Å². The van der Waals surface area contributed by atoms with Gasteiger partial charge >= 0.3 is 0 Å². The molecule has 0 bridgehead atoms. The highest BCUT2D eigenvalue weighted by Crippen LogP contribution is 2.32. The first-order chi connectivity index (χ1) is 6.92. The fourth-order valence-corrected chi connectivity index (χ4v) is 1.84. The normalized spacial score (nSPS) is 19.1. The molecule has 1 aromatic carbocycles. The van der Waals surface area contributed by atoms with Crippen LogP contribution in [0.2, 0.25) is 0 Å². The molecule has 1 atom stereocenters. The van der Waals surface area contributed by atoms with E-state index >= 15 is 0 Å². The second-order valence-corrected chi connectivity index (χ2v) is 3.46. The minimum Gasteiger partial charge on any atom is -0.247 e. The Kier molecular flexibility index (Phi) is 2.78. The van der Waals surface area contributed by atoms with Gasteiger partial charge in [0.05, 0.1) is 0 Å². The lowest BCUT2D eigenvalue weighted by Crippen LogP contribution is -1.90. The highest BCUT2D eigenvalue weighted by atomic mass is 19.1. The van der Waals surface area contributed by atoms with Crippen LogP contribution in [-0.4, -0.2) is 6.67 Å². The summed E-state index contributed by atoms with van der Waals surface area (Å²) in [6, 6.07) is 8.36. The SMILES string of the molecule is FC/C=C/CC1C=Cc2ccccc21. The summed E-state index contributed by atoms with van der Waals surface area (Å²) in [7, 11) is 0. The van der Waals surface area contributed by atoms with Crippen molar-refractivity contribution in [2.45, 2.75) is 12.3 Å². The van der Waals surface area contributed by atoms with Gasteiger partial charge in [-0.05, 0) is 17.5 Å². The monoisotopic (exact) mass is 188 g/mol. The molecule has 0 fully saturated rings. The topological polar surface area (TPSA) is 0 Å². The van der Waals surface area contributed by atoms with Gasteiger partial charge < -0.3 is 0 Å². The van der Waals surface area contributed by atoms with Crippen LogP contribution in [0.15, 0.2) is 42.5 Å². The molecule has 72 valence electrons. The molecule has 0 saturated carbocycles. The number of rotatable bonds is 3. The van der Waals surface area contributed by atoms with Gasteiger partial charge in [-0.15, -0.1) is 0 Å². The largest absolute Gasteiger partial charge is 0.247 e. The van der Waals surface area contributed by atoms with Crippen molar-refractivity contribution in [3.8, 4) is 0 Å². The number of hydrogen-bond acceptors (Lipinski definition) is 0. The molecule has 0 N–H and O–H groups in total. The lowest BCUT2D eigenvalue weighted by Gasteiger charge is -2.07. The van der Waals surface area contributed by atoms with E-state index in [9.17, 15) is 4.39 Å². The molecule has 0 nitrogen and oxygen atoms in total. The smallest absolute Gasteiger partial charge is 0.108 e. The summed E-state index contributed by atoms with van der Waals surface area (Å²) < 4.78 is 11.9. The summed E-state index contributed by atoms with van der Waals surface area (Å²) in [5.41, 5.74) is 2.65. The molecule has 0 heterocycles. The van der Waals surface area contributed by atoms with Crippen molar-refractivity contribution in [3.63, 3.8) is 0 Å². The van der Waals surface area contributed by atoms with Gasteiger partial charge in [0.25, 0.3) is 0 Å². The van der Waals surface area contributed by atoms with E-state index in [-0.39, 0.29) is 6.67 Å². The highest BCUT2D eigenvalue weighted by Gasteiger charge is 2.14. The summed E-state index contributed by atoms with van der Waals surface area (Å²) in [5, 5.41) is 0. The van der Waals surface area contributed by atoms with E-state index in [4.69, 9.17) is 0 Å². The van der Waals surface area contributed by atoms with E-state index in [0.29, 0.717) is 5.92 Å². The maximum atomic E-state index is 11.9. The lowest BCUT2D eigenvalue weighted by atomic mass is 9.97. The fraction of sp³-hybridized carbons (Fsp3) is 0.231. The van der Waals surface area contributed by atoms with Gasteiger partial charge in [-0.1, -0.05) is 48.6 Å². The molecule has 1 aliphatic carbocycles. The Balaban J connectivity index is 2.11. The minimum absolute atomic E-state index is 0.363. The van der Waals surface area contributed by atoms with Crippen LogP contribution in [0.5, 0.6) is 0 Å². The Labute approximate surface area is 83.8 Å². The first kappa shape index (κ1) is 9.20. The summed E-state index contributed by atoms with van der Waals surface area (Å²) in [4.78, 5) is 0. The van der Waals surface area contributed by atoms with E-state index < -0.39 is 0 Å². The first-order valence-electron chi connectivity index (χ1n) is 4.90. The highest BCUT2D eigenvalue weighted by molar-refractivity contribution is 5.62. The maximum absolute atomic E-state index is 11.9. The van der Waals surface area contributed by atoms with Gasteiger partial charge in [0.15, 0.2) is 0 Å². The molecule has 0 amide bonds. The number of hydrogen-bond donors (Lipinski definition) is 0. The van der Waals surface area contributed by atoms with E-state index in [1.807, 2.05) is 12.1 Å². The van der Waals surface area contributed by atoms with Gasteiger partial charge in [0, 0.05) is 5.92 Å². The minimum atomic E-state index is -0.363. The van der Waals surface area contributed by atoms with E-state index in [1.165, 1.54) is 11.1 Å². The maximum Gasteiger partial charge on any atom is 0.108 e. The van der Waals surface area contributed by atoms with Crippen LogP contribution in [0.4, 0.5) is 4.39 Å². The zero-order chi connectivity index (χ0) is 9.80. The molecular weight excluding hydrogens is 175 g/mol. The Hall–Kier alpha value is -1.37. The fourth-order valence-electron chi connectivity index (χ4n) is 1.84. The molecular formula is C13H13F. The van der Waals surface area contributed by atoms with Crippen molar-refractivity contribution in [2.75, 3.05) is 6.67 Å². The van der Waals surface area contributed by atoms with Crippen LogP contribution in [-0.2, 0) is 0 Å². The van der Waals surface area contributed by atoms with Gasteiger partial charge in [-0.2, -0.15) is 0 Å². The van der Waals surface area contributed by atoms with Crippen molar-refractivity contribution in [1.82, 2.24) is 0 Å². The average Bonchev–Trinajstić information content (AvgIpc) is 2.63. The van der Waals surface area contributed by atoms with Crippen LogP contribution in [0.25, 0.3) is 6.08 Å².